The van der Waals surface area contributed by atoms with Gasteiger partial charge in [0.1, 0.15) is 11.4 Å². The predicted octanol–water partition coefficient (Wildman–Crippen LogP) is 10.9. The molecule has 10 nitrogen and oxygen atoms in total. The zero-order valence-corrected chi connectivity index (χ0v) is 35.8. The molecule has 59 heavy (non-hydrogen) atoms. The molecule has 0 radical (unpaired) electrons. The number of fused-ring (bicyclic) bond motifs is 4. The highest BCUT2D eigenvalue weighted by atomic mass is 35.5. The van der Waals surface area contributed by atoms with Gasteiger partial charge in [0, 0.05) is 58.4 Å². The first kappa shape index (κ1) is 40.0. The summed E-state index contributed by atoms with van der Waals surface area (Å²) >= 11 is 13.6. The Hall–Kier alpha value is -5.84. The van der Waals surface area contributed by atoms with Gasteiger partial charge in [-0.15, -0.1) is 0 Å². The molecule has 3 aromatic carbocycles. The number of pyridine rings is 1. The highest BCUT2D eigenvalue weighted by Gasteiger charge is 2.40. The highest BCUT2D eigenvalue weighted by Crippen LogP contribution is 2.46. The van der Waals surface area contributed by atoms with Crippen molar-refractivity contribution >= 4 is 68.6 Å². The van der Waals surface area contributed by atoms with E-state index < -0.39 is 5.97 Å². The summed E-state index contributed by atoms with van der Waals surface area (Å²) in [5.74, 6) is -0.683. The lowest BCUT2D eigenvalue weighted by Crippen LogP contribution is -2.43. The Morgan fingerprint density at radius 3 is 2.42 bits per heavy atom. The van der Waals surface area contributed by atoms with E-state index in [4.69, 9.17) is 33.0 Å². The van der Waals surface area contributed by atoms with Crippen molar-refractivity contribution in [3.8, 4) is 16.9 Å². The molecule has 0 fully saturated rings. The zero-order valence-electron chi connectivity index (χ0n) is 34.3. The molecule has 302 valence electrons. The number of aromatic nitrogens is 5. The van der Waals surface area contributed by atoms with Crippen molar-refractivity contribution in [1.82, 2.24) is 23.9 Å². The second kappa shape index (κ2) is 15.4. The molecule has 0 spiro atoms. The molecule has 4 aromatic heterocycles. The standard InChI is InChI=1S/C47H46Cl2N6O4/c1-9-31-16-17-50-32(22-31)24-53-38-15-12-25(2)19-36(38)43(45(53)47(57)58)54-23-28(5)55-42-35(13-14-37(48)40(42)39-29(6)51-52(8)30(39)7)34(44(55)46(54)56)11-10-18-59-33-20-26(3)41(49)27(4)21-33/h9,12-17,19-22,28H,1,10-11,18,23-24H2,2-8H3,(H,57,58)/t28-/m1/s1. The molecule has 5 heterocycles. The Balaban J connectivity index is 1.31. The maximum absolute atomic E-state index is 15.5. The summed E-state index contributed by atoms with van der Waals surface area (Å²) in [5, 5.41) is 18.6. The number of hydrogen-bond donors (Lipinski definition) is 1. The second-order valence-electron chi connectivity index (χ2n) is 15.7. The van der Waals surface area contributed by atoms with Crippen LogP contribution in [-0.4, -0.2) is 54.0 Å². The first-order valence-electron chi connectivity index (χ1n) is 19.7. The van der Waals surface area contributed by atoms with Crippen LogP contribution in [0.15, 0.2) is 67.4 Å². The summed E-state index contributed by atoms with van der Waals surface area (Å²) in [7, 11) is 1.91. The molecule has 0 bridgehead atoms. The van der Waals surface area contributed by atoms with Crippen molar-refractivity contribution in [2.45, 2.75) is 67.0 Å². The van der Waals surface area contributed by atoms with Crippen molar-refractivity contribution in [2.75, 3.05) is 18.1 Å². The van der Waals surface area contributed by atoms with Gasteiger partial charge in [0.05, 0.1) is 46.3 Å². The van der Waals surface area contributed by atoms with Gasteiger partial charge >= 0.3 is 5.97 Å². The van der Waals surface area contributed by atoms with E-state index in [1.165, 1.54) is 0 Å². The molecule has 8 rings (SSSR count). The number of carbonyl (C=O) groups is 2. The number of carbonyl (C=O) groups excluding carboxylic acids is 1. The molecule has 12 heteroatoms. The first-order valence-corrected chi connectivity index (χ1v) is 20.5. The molecule has 0 aliphatic carbocycles. The minimum atomic E-state index is -1.14. The van der Waals surface area contributed by atoms with Gasteiger partial charge < -0.3 is 23.9 Å². The number of benzene rings is 3. The fraction of sp³-hybridized carbons (Fsp3) is 0.277. The van der Waals surface area contributed by atoms with Crippen molar-refractivity contribution in [2.24, 2.45) is 7.05 Å². The third kappa shape index (κ3) is 6.78. The van der Waals surface area contributed by atoms with Crippen LogP contribution < -0.4 is 9.64 Å². The first-order chi connectivity index (χ1) is 28.2. The number of carboxylic acids is 1. The number of carboxylic acid groups (broad SMARTS) is 1. The van der Waals surface area contributed by atoms with Gasteiger partial charge in [0.15, 0.2) is 5.69 Å². The molecular weight excluding hydrogens is 783 g/mol. The van der Waals surface area contributed by atoms with Gasteiger partial charge in [-0.2, -0.15) is 5.10 Å². The maximum atomic E-state index is 15.5. The van der Waals surface area contributed by atoms with Crippen LogP contribution in [0.2, 0.25) is 10.0 Å². The topological polar surface area (TPSA) is 107 Å². The van der Waals surface area contributed by atoms with Gasteiger partial charge in [0.2, 0.25) is 0 Å². The molecule has 1 N–H and O–H groups in total. The largest absolute Gasteiger partial charge is 0.494 e. The summed E-state index contributed by atoms with van der Waals surface area (Å²) in [5.41, 5.74) is 11.2. The number of anilines is 1. The van der Waals surface area contributed by atoms with E-state index in [9.17, 15) is 9.90 Å². The number of ether oxygens (including phenoxy) is 1. The Kier molecular flexibility index (Phi) is 10.4. The lowest BCUT2D eigenvalue weighted by atomic mass is 9.98. The zero-order chi connectivity index (χ0) is 42.0. The van der Waals surface area contributed by atoms with Crippen LogP contribution in [0.4, 0.5) is 5.69 Å². The predicted molar refractivity (Wildman–Crippen MR) is 237 cm³/mol. The number of nitrogens with zero attached hydrogens (tertiary/aromatic N) is 6. The molecule has 0 saturated heterocycles. The van der Waals surface area contributed by atoms with Gasteiger partial charge in [0.25, 0.3) is 5.91 Å². The van der Waals surface area contributed by atoms with E-state index >= 15 is 4.79 Å². The van der Waals surface area contributed by atoms with Crippen LogP contribution in [0.3, 0.4) is 0 Å². The number of amides is 1. The van der Waals surface area contributed by atoms with Crippen LogP contribution in [-0.2, 0) is 20.0 Å². The molecule has 7 aromatic rings. The Labute approximate surface area is 353 Å². The lowest BCUT2D eigenvalue weighted by Gasteiger charge is -2.34. The maximum Gasteiger partial charge on any atom is 0.354 e. The van der Waals surface area contributed by atoms with Crippen LogP contribution in [0, 0.1) is 34.6 Å². The molecule has 1 aliphatic heterocycles. The van der Waals surface area contributed by atoms with Gasteiger partial charge in [-0.25, -0.2) is 4.79 Å². The summed E-state index contributed by atoms with van der Waals surface area (Å²) in [6.07, 6.45) is 4.54. The van der Waals surface area contributed by atoms with Gasteiger partial charge in [-0.05, 0) is 119 Å². The molecular formula is C47H46Cl2N6O4. The Morgan fingerprint density at radius 1 is 1.00 bits per heavy atom. The van der Waals surface area contributed by atoms with E-state index in [0.717, 1.165) is 72.0 Å². The molecule has 0 unspecified atom stereocenters. The van der Waals surface area contributed by atoms with Crippen molar-refractivity contribution in [1.29, 1.82) is 0 Å². The normalized spacial score (nSPS) is 14.1. The van der Waals surface area contributed by atoms with Crippen molar-refractivity contribution in [3.63, 3.8) is 0 Å². The fourth-order valence-corrected chi connectivity index (χ4v) is 9.26. The summed E-state index contributed by atoms with van der Waals surface area (Å²) in [4.78, 5) is 35.3. The van der Waals surface area contributed by atoms with Gasteiger partial charge in [-0.3, -0.25) is 14.5 Å². The van der Waals surface area contributed by atoms with Crippen molar-refractivity contribution in [3.05, 3.63) is 134 Å². The summed E-state index contributed by atoms with van der Waals surface area (Å²) in [6.45, 7) is 16.7. The van der Waals surface area contributed by atoms with E-state index in [-0.39, 0.29) is 30.7 Å². The summed E-state index contributed by atoms with van der Waals surface area (Å²) < 4.78 is 12.0. The second-order valence-corrected chi connectivity index (χ2v) is 16.5. The van der Waals surface area contributed by atoms with Crippen LogP contribution in [0.25, 0.3) is 39.0 Å². The Bertz CT molecular complexity index is 2860. The van der Waals surface area contributed by atoms with Crippen LogP contribution in [0.1, 0.15) is 85.3 Å². The fourth-order valence-electron chi connectivity index (χ4n) is 8.90. The number of aromatic carboxylic acids is 1. The van der Waals surface area contributed by atoms with E-state index in [1.54, 1.807) is 21.7 Å². The Morgan fingerprint density at radius 2 is 1.75 bits per heavy atom. The minimum absolute atomic E-state index is 0.0235. The molecule has 1 aliphatic rings. The molecule has 0 saturated carbocycles. The van der Waals surface area contributed by atoms with E-state index in [1.807, 2.05) is 101 Å². The third-order valence-corrected chi connectivity index (χ3v) is 12.5. The molecule has 1 amide bonds. The summed E-state index contributed by atoms with van der Waals surface area (Å²) in [6, 6.07) is 17.1. The quantitative estimate of drug-likeness (QED) is 0.130. The number of aryl methyl sites for hydroxylation is 6. The molecule has 1 atom stereocenters. The van der Waals surface area contributed by atoms with Crippen LogP contribution >= 0.6 is 23.2 Å². The average molecular weight is 830 g/mol. The lowest BCUT2D eigenvalue weighted by molar-refractivity contribution is 0.0687. The number of halogens is 2. The number of rotatable bonds is 11. The number of hydrogen-bond acceptors (Lipinski definition) is 5. The minimum Gasteiger partial charge on any atom is -0.494 e. The van der Waals surface area contributed by atoms with Crippen molar-refractivity contribution < 1.29 is 19.4 Å². The smallest absolute Gasteiger partial charge is 0.354 e. The SMILES string of the molecule is C=Cc1ccnc(Cn2c(C(=O)O)c(N3C[C@@H](C)n4c(c(CCCOc5cc(C)c(Cl)c(C)c5)c5ccc(Cl)c(-c6c(C)nn(C)c6C)c54)C3=O)c3cc(C)ccc32)c1. The van der Waals surface area contributed by atoms with Gasteiger partial charge in [-0.1, -0.05) is 53.6 Å². The van der Waals surface area contributed by atoms with Crippen LogP contribution in [0.5, 0.6) is 5.75 Å². The monoisotopic (exact) mass is 828 g/mol. The van der Waals surface area contributed by atoms with E-state index in [2.05, 4.69) is 23.1 Å². The third-order valence-electron chi connectivity index (χ3n) is 11.6. The highest BCUT2D eigenvalue weighted by molar-refractivity contribution is 6.35. The van der Waals surface area contributed by atoms with E-state index in [0.29, 0.717) is 52.4 Å². The average Bonchev–Trinajstić information content (AvgIpc) is 3.79.